The van der Waals surface area contributed by atoms with Crippen molar-refractivity contribution in [1.29, 1.82) is 0 Å². The Morgan fingerprint density at radius 1 is 1.03 bits per heavy atom. The van der Waals surface area contributed by atoms with Crippen molar-refractivity contribution in [2.45, 2.75) is 6.61 Å². The zero-order valence-corrected chi connectivity index (χ0v) is 14.5. The average Bonchev–Trinajstić information content (AvgIpc) is 2.70. The molecule has 0 aliphatic rings. The van der Waals surface area contributed by atoms with E-state index in [9.17, 15) is 33.3 Å². The van der Waals surface area contributed by atoms with Gasteiger partial charge in [0.15, 0.2) is 6.61 Å². The van der Waals surface area contributed by atoms with Crippen LogP contribution in [0.5, 0.6) is 5.75 Å². The first-order valence-electron chi connectivity index (χ1n) is 7.82. The molecule has 0 saturated carbocycles. The van der Waals surface area contributed by atoms with Gasteiger partial charge in [0.1, 0.15) is 11.3 Å². The van der Waals surface area contributed by atoms with E-state index in [1.165, 1.54) is 30.3 Å². The van der Waals surface area contributed by atoms with Gasteiger partial charge in [-0.2, -0.15) is 8.78 Å². The van der Waals surface area contributed by atoms with E-state index in [4.69, 9.17) is 4.74 Å². The van der Waals surface area contributed by atoms with Gasteiger partial charge in [0.25, 0.3) is 17.5 Å². The Bertz CT molecular complexity index is 919. The second kappa shape index (κ2) is 9.73. The lowest BCUT2D eigenvalue weighted by Gasteiger charge is -2.11. The van der Waals surface area contributed by atoms with Crippen LogP contribution in [-0.2, 0) is 9.53 Å². The first-order valence-corrected chi connectivity index (χ1v) is 7.82. The smallest absolute Gasteiger partial charge is 0.387 e. The Labute approximate surface area is 161 Å². The van der Waals surface area contributed by atoms with Gasteiger partial charge in [-0.1, -0.05) is 12.1 Å². The highest BCUT2D eigenvalue weighted by Crippen LogP contribution is 2.21. The van der Waals surface area contributed by atoms with Crippen LogP contribution >= 0.6 is 0 Å². The maximum Gasteiger partial charge on any atom is 0.387 e. The number of nitrogens with zero attached hydrogens (tertiary/aromatic N) is 1. The predicted octanol–water partition coefficient (Wildman–Crippen LogP) is 1.81. The van der Waals surface area contributed by atoms with E-state index in [1.807, 2.05) is 10.9 Å². The van der Waals surface area contributed by atoms with Crippen LogP contribution in [-0.4, -0.2) is 35.9 Å². The van der Waals surface area contributed by atoms with Crippen molar-refractivity contribution in [1.82, 2.24) is 10.9 Å². The Kier molecular flexibility index (Phi) is 7.12. The molecule has 2 amide bonds. The van der Waals surface area contributed by atoms with E-state index >= 15 is 0 Å². The molecule has 0 spiro atoms. The average molecular weight is 409 g/mol. The minimum absolute atomic E-state index is 0.0333. The summed E-state index contributed by atoms with van der Waals surface area (Å²) in [5, 5.41) is 10.6. The summed E-state index contributed by atoms with van der Waals surface area (Å²) >= 11 is 0. The number of hydrazine groups is 1. The van der Waals surface area contributed by atoms with Crippen LogP contribution in [0.1, 0.15) is 20.7 Å². The number of carbonyl (C=O) groups excluding carboxylic acids is 3. The lowest BCUT2D eigenvalue weighted by Crippen LogP contribution is -2.43. The fraction of sp³-hybridized carbons (Fsp3) is 0.118. The molecule has 0 fully saturated rings. The number of esters is 1. The summed E-state index contributed by atoms with van der Waals surface area (Å²) in [7, 11) is 0. The van der Waals surface area contributed by atoms with E-state index in [0.717, 1.165) is 18.2 Å². The molecule has 2 rings (SSSR count). The van der Waals surface area contributed by atoms with Gasteiger partial charge in [0.2, 0.25) is 0 Å². The molecular weight excluding hydrogens is 396 g/mol. The highest BCUT2D eigenvalue weighted by Gasteiger charge is 2.18. The molecule has 0 bridgehead atoms. The number of alkyl halides is 2. The normalized spacial score (nSPS) is 10.2. The molecule has 12 heteroatoms. The van der Waals surface area contributed by atoms with Crippen LogP contribution in [0.3, 0.4) is 0 Å². The van der Waals surface area contributed by atoms with E-state index < -0.39 is 41.7 Å². The van der Waals surface area contributed by atoms with E-state index in [2.05, 4.69) is 4.74 Å². The van der Waals surface area contributed by atoms with E-state index in [0.29, 0.717) is 0 Å². The molecule has 0 saturated heterocycles. The number of ether oxygens (including phenoxy) is 2. The zero-order valence-electron chi connectivity index (χ0n) is 14.5. The molecule has 0 aromatic heterocycles. The predicted molar refractivity (Wildman–Crippen MR) is 92.1 cm³/mol. The maximum absolute atomic E-state index is 12.3. The van der Waals surface area contributed by atoms with Crippen molar-refractivity contribution in [3.05, 3.63) is 69.8 Å². The van der Waals surface area contributed by atoms with Gasteiger partial charge < -0.3 is 9.47 Å². The van der Waals surface area contributed by atoms with Gasteiger partial charge >= 0.3 is 12.6 Å². The number of amides is 2. The molecule has 29 heavy (non-hydrogen) atoms. The van der Waals surface area contributed by atoms with Crippen LogP contribution in [0, 0.1) is 10.1 Å². The minimum atomic E-state index is -3.15. The van der Waals surface area contributed by atoms with E-state index in [1.54, 1.807) is 0 Å². The molecule has 2 aromatic rings. The number of nitro groups is 1. The summed E-state index contributed by atoms with van der Waals surface area (Å²) in [5.74, 6) is -3.19. The molecule has 0 heterocycles. The van der Waals surface area contributed by atoms with Crippen LogP contribution in [0.2, 0.25) is 0 Å². The van der Waals surface area contributed by atoms with Crippen LogP contribution in [0.4, 0.5) is 14.5 Å². The quantitative estimate of drug-likeness (QED) is 0.404. The molecule has 0 atom stereocenters. The molecule has 2 aromatic carbocycles. The number of hydrogen-bond donors (Lipinski definition) is 2. The third kappa shape index (κ3) is 6.23. The first kappa shape index (κ1) is 21.2. The molecule has 2 N–H and O–H groups in total. The Balaban J connectivity index is 1.84. The molecule has 152 valence electrons. The minimum Gasteiger partial charge on any atom is -0.452 e. The van der Waals surface area contributed by atoms with Crippen molar-refractivity contribution in [2.75, 3.05) is 6.61 Å². The fourth-order valence-corrected chi connectivity index (χ4v) is 2.01. The summed E-state index contributed by atoms with van der Waals surface area (Å²) in [6.45, 7) is -3.97. The van der Waals surface area contributed by atoms with E-state index in [-0.39, 0.29) is 16.8 Å². The maximum atomic E-state index is 12.3. The van der Waals surface area contributed by atoms with Crippen molar-refractivity contribution >= 4 is 23.5 Å². The van der Waals surface area contributed by atoms with Gasteiger partial charge in [-0.25, -0.2) is 4.79 Å². The number of para-hydroxylation sites is 1. The summed E-state index contributed by atoms with van der Waals surface area (Å²) in [4.78, 5) is 45.4. The zero-order chi connectivity index (χ0) is 21.4. The molecule has 0 unspecified atom stereocenters. The number of hydrogen-bond acceptors (Lipinski definition) is 7. The molecule has 0 aliphatic heterocycles. The van der Waals surface area contributed by atoms with Crippen LogP contribution in [0.15, 0.2) is 48.5 Å². The molecule has 0 aliphatic carbocycles. The van der Waals surface area contributed by atoms with Gasteiger partial charge in [0, 0.05) is 17.7 Å². The second-order valence-electron chi connectivity index (χ2n) is 5.26. The monoisotopic (exact) mass is 409 g/mol. The lowest BCUT2D eigenvalue weighted by atomic mass is 10.2. The largest absolute Gasteiger partial charge is 0.452 e. The molecule has 0 radical (unpaired) electrons. The number of nitro benzene ring substituents is 1. The van der Waals surface area contributed by atoms with Gasteiger partial charge in [-0.15, -0.1) is 0 Å². The number of carbonyl (C=O) groups is 3. The Morgan fingerprint density at radius 3 is 2.31 bits per heavy atom. The molecule has 10 nitrogen and oxygen atoms in total. The second-order valence-corrected chi connectivity index (χ2v) is 5.26. The number of nitrogens with one attached hydrogen (secondary N) is 2. The fourth-order valence-electron chi connectivity index (χ4n) is 2.01. The van der Waals surface area contributed by atoms with Gasteiger partial charge in [-0.05, 0) is 24.3 Å². The van der Waals surface area contributed by atoms with Crippen LogP contribution in [0.25, 0.3) is 0 Å². The topological polar surface area (TPSA) is 137 Å². The summed E-state index contributed by atoms with van der Waals surface area (Å²) in [5.41, 5.74) is 3.51. The Hall–Kier alpha value is -4.09. The van der Waals surface area contributed by atoms with Gasteiger partial charge in [-0.3, -0.25) is 30.6 Å². The SMILES string of the molecule is O=C(COC(=O)c1ccccc1OC(F)F)NNC(=O)c1ccc([N+](=O)[O-])cc1. The number of non-ortho nitro benzene ring substituents is 1. The third-order valence-corrected chi connectivity index (χ3v) is 3.31. The number of rotatable bonds is 7. The van der Waals surface area contributed by atoms with Crippen molar-refractivity contribution < 1.29 is 37.6 Å². The first-order chi connectivity index (χ1) is 13.8. The van der Waals surface area contributed by atoms with Crippen molar-refractivity contribution in [2.24, 2.45) is 0 Å². The van der Waals surface area contributed by atoms with Crippen molar-refractivity contribution in [3.8, 4) is 5.75 Å². The number of benzene rings is 2. The third-order valence-electron chi connectivity index (χ3n) is 3.31. The summed E-state index contributed by atoms with van der Waals surface area (Å²) in [6.07, 6.45) is 0. The molecular formula is C17H13F2N3O7. The standard InChI is InChI=1S/C17H13F2N3O7/c18-17(19)29-13-4-2-1-3-12(13)16(25)28-9-14(23)20-21-15(24)10-5-7-11(8-6-10)22(26)27/h1-8,17H,9H2,(H,20,23)(H,21,24). The summed E-state index contributed by atoms with van der Waals surface area (Å²) < 4.78 is 33.6. The lowest BCUT2D eigenvalue weighted by molar-refractivity contribution is -0.384. The highest BCUT2D eigenvalue weighted by molar-refractivity contribution is 5.96. The highest BCUT2D eigenvalue weighted by atomic mass is 19.3. The van der Waals surface area contributed by atoms with Crippen LogP contribution < -0.4 is 15.6 Å². The van der Waals surface area contributed by atoms with Gasteiger partial charge in [0.05, 0.1) is 4.92 Å². The number of halogens is 2. The summed E-state index contributed by atoms with van der Waals surface area (Å²) in [6, 6.07) is 9.64. The Morgan fingerprint density at radius 2 is 1.69 bits per heavy atom. The van der Waals surface area contributed by atoms with Crippen molar-refractivity contribution in [3.63, 3.8) is 0 Å².